The van der Waals surface area contributed by atoms with Gasteiger partial charge in [-0.05, 0) is 31.9 Å². The lowest BCUT2D eigenvalue weighted by Crippen LogP contribution is -3.19. The van der Waals surface area contributed by atoms with Gasteiger partial charge in [-0.25, -0.2) is 4.79 Å². The molecule has 0 unspecified atom stereocenters. The number of hydrogen-bond donors (Lipinski definition) is 3. The average molecular weight is 390 g/mol. The summed E-state index contributed by atoms with van der Waals surface area (Å²) in [5.74, 6) is 0.671. The zero-order valence-corrected chi connectivity index (χ0v) is 17.0. The van der Waals surface area contributed by atoms with Crippen molar-refractivity contribution in [3.8, 4) is 5.75 Å². The van der Waals surface area contributed by atoms with Crippen LogP contribution in [0.25, 0.3) is 0 Å². The molecular formula is C21H33N4O3+. The summed E-state index contributed by atoms with van der Waals surface area (Å²) in [6.07, 6.45) is 5.55. The van der Waals surface area contributed by atoms with Gasteiger partial charge in [-0.2, -0.15) is 0 Å². The minimum absolute atomic E-state index is 0.200. The first kappa shape index (κ1) is 20.5. The van der Waals surface area contributed by atoms with Gasteiger partial charge in [-0.1, -0.05) is 31.4 Å². The lowest BCUT2D eigenvalue weighted by atomic mass is 9.96. The first-order chi connectivity index (χ1) is 13.6. The van der Waals surface area contributed by atoms with Gasteiger partial charge in [0.05, 0.1) is 39.0 Å². The van der Waals surface area contributed by atoms with Crippen molar-refractivity contribution in [1.29, 1.82) is 0 Å². The standard InChI is InChI=1S/C21H32N4O3/c1-16(20(26)23-21(27)22-17-8-4-3-5-9-17)24-12-14-25(15-13-24)18-10-6-7-11-19(18)28-2/h6-7,10-11,16-17H,3-5,8-9,12-15H2,1-2H3,(H2,22,23,26,27)/p+1/t16-/m1/s1. The number of para-hydroxylation sites is 2. The molecule has 0 spiro atoms. The van der Waals surface area contributed by atoms with Gasteiger partial charge >= 0.3 is 6.03 Å². The molecule has 1 aliphatic heterocycles. The maximum atomic E-state index is 12.5. The third-order valence-corrected chi connectivity index (χ3v) is 6.01. The fourth-order valence-corrected chi connectivity index (χ4v) is 4.23. The van der Waals surface area contributed by atoms with Gasteiger partial charge < -0.3 is 19.9 Å². The molecule has 0 aromatic heterocycles. The van der Waals surface area contributed by atoms with E-state index in [9.17, 15) is 9.59 Å². The number of urea groups is 1. The molecule has 2 aliphatic rings. The summed E-state index contributed by atoms with van der Waals surface area (Å²) in [5.41, 5.74) is 1.09. The number of ether oxygens (including phenoxy) is 1. The molecule has 3 N–H and O–H groups in total. The van der Waals surface area contributed by atoms with E-state index in [1.54, 1.807) is 7.11 Å². The van der Waals surface area contributed by atoms with Crippen LogP contribution >= 0.6 is 0 Å². The first-order valence-corrected chi connectivity index (χ1v) is 10.4. The number of anilines is 1. The van der Waals surface area contributed by atoms with Crippen LogP contribution in [0.1, 0.15) is 39.0 Å². The largest absolute Gasteiger partial charge is 0.495 e. The maximum absolute atomic E-state index is 12.5. The minimum atomic E-state index is -0.351. The predicted molar refractivity (Wildman–Crippen MR) is 109 cm³/mol. The van der Waals surface area contributed by atoms with Gasteiger partial charge in [-0.15, -0.1) is 0 Å². The molecule has 1 aromatic carbocycles. The molecule has 1 heterocycles. The number of piperazine rings is 1. The number of carbonyl (C=O) groups is 2. The number of amides is 3. The van der Waals surface area contributed by atoms with Crippen molar-refractivity contribution in [1.82, 2.24) is 10.6 Å². The Morgan fingerprint density at radius 2 is 1.82 bits per heavy atom. The molecule has 154 valence electrons. The van der Waals surface area contributed by atoms with E-state index in [2.05, 4.69) is 21.6 Å². The first-order valence-electron chi connectivity index (χ1n) is 10.4. The molecule has 0 radical (unpaired) electrons. The van der Waals surface area contributed by atoms with Crippen molar-refractivity contribution in [3.63, 3.8) is 0 Å². The van der Waals surface area contributed by atoms with Crippen LogP contribution in [0.4, 0.5) is 10.5 Å². The van der Waals surface area contributed by atoms with Gasteiger partial charge in [-0.3, -0.25) is 10.1 Å². The summed E-state index contributed by atoms with van der Waals surface area (Å²) in [4.78, 5) is 28.2. The number of nitrogens with zero attached hydrogens (tertiary/aromatic N) is 1. The second-order valence-corrected chi connectivity index (χ2v) is 7.84. The summed E-state index contributed by atoms with van der Waals surface area (Å²) >= 11 is 0. The topological polar surface area (TPSA) is 75.1 Å². The third kappa shape index (κ3) is 5.16. The van der Waals surface area contributed by atoms with Crippen LogP contribution in [0.5, 0.6) is 5.75 Å². The Labute approximate surface area is 167 Å². The smallest absolute Gasteiger partial charge is 0.321 e. The summed E-state index contributed by atoms with van der Waals surface area (Å²) in [6, 6.07) is 7.61. The van der Waals surface area contributed by atoms with Crippen LogP contribution < -0.4 is 25.2 Å². The Hall–Kier alpha value is -2.28. The van der Waals surface area contributed by atoms with E-state index < -0.39 is 0 Å². The lowest BCUT2D eigenvalue weighted by molar-refractivity contribution is -0.914. The summed E-state index contributed by atoms with van der Waals surface area (Å²) < 4.78 is 5.46. The Kier molecular flexibility index (Phi) is 7.14. The van der Waals surface area contributed by atoms with Crippen molar-refractivity contribution < 1.29 is 19.2 Å². The van der Waals surface area contributed by atoms with Crippen molar-refractivity contribution in [2.45, 2.75) is 51.1 Å². The monoisotopic (exact) mass is 389 g/mol. The molecule has 7 heteroatoms. The lowest BCUT2D eigenvalue weighted by Gasteiger charge is -2.36. The Morgan fingerprint density at radius 1 is 1.14 bits per heavy atom. The van der Waals surface area contributed by atoms with Crippen LogP contribution in [-0.2, 0) is 4.79 Å². The van der Waals surface area contributed by atoms with E-state index in [0.717, 1.165) is 63.3 Å². The van der Waals surface area contributed by atoms with Crippen molar-refractivity contribution in [2.24, 2.45) is 0 Å². The van der Waals surface area contributed by atoms with Crippen LogP contribution in [0.2, 0.25) is 0 Å². The van der Waals surface area contributed by atoms with Crippen LogP contribution in [0.3, 0.4) is 0 Å². The number of benzene rings is 1. The number of methoxy groups -OCH3 is 1. The number of nitrogens with one attached hydrogen (secondary N) is 3. The van der Waals surface area contributed by atoms with E-state index in [0.29, 0.717) is 0 Å². The third-order valence-electron chi connectivity index (χ3n) is 6.01. The maximum Gasteiger partial charge on any atom is 0.321 e. The highest BCUT2D eigenvalue weighted by Crippen LogP contribution is 2.27. The predicted octanol–water partition coefficient (Wildman–Crippen LogP) is 0.947. The molecule has 28 heavy (non-hydrogen) atoms. The molecule has 1 aromatic rings. The molecule has 3 amide bonds. The van der Waals surface area contributed by atoms with Crippen LogP contribution in [0.15, 0.2) is 24.3 Å². The molecule has 7 nitrogen and oxygen atoms in total. The summed E-state index contributed by atoms with van der Waals surface area (Å²) in [5, 5.41) is 5.49. The zero-order chi connectivity index (χ0) is 19.9. The zero-order valence-electron chi connectivity index (χ0n) is 17.0. The fourth-order valence-electron chi connectivity index (χ4n) is 4.23. The fraction of sp³-hybridized carbons (Fsp3) is 0.619. The van der Waals surface area contributed by atoms with Gasteiger partial charge in [0.25, 0.3) is 5.91 Å². The van der Waals surface area contributed by atoms with E-state index in [1.165, 1.54) is 11.3 Å². The number of carbonyl (C=O) groups excluding carboxylic acids is 2. The van der Waals surface area contributed by atoms with E-state index in [4.69, 9.17) is 4.74 Å². The molecule has 1 saturated carbocycles. The highest BCUT2D eigenvalue weighted by molar-refractivity contribution is 5.96. The Balaban J connectivity index is 1.46. The molecule has 0 bridgehead atoms. The SMILES string of the molecule is COc1ccccc1N1CC[NH+]([C@H](C)C(=O)NC(=O)NC2CCCCC2)CC1. The molecule has 1 aliphatic carbocycles. The van der Waals surface area contributed by atoms with Gasteiger partial charge in [0.2, 0.25) is 0 Å². The quantitative estimate of drug-likeness (QED) is 0.701. The highest BCUT2D eigenvalue weighted by Gasteiger charge is 2.31. The Morgan fingerprint density at radius 3 is 2.50 bits per heavy atom. The van der Waals surface area contributed by atoms with E-state index in [-0.39, 0.29) is 24.0 Å². The summed E-state index contributed by atoms with van der Waals surface area (Å²) in [6.45, 7) is 5.29. The molecular weight excluding hydrogens is 356 g/mol. The van der Waals surface area contributed by atoms with Gasteiger partial charge in [0, 0.05) is 6.04 Å². The molecule has 1 saturated heterocycles. The van der Waals surface area contributed by atoms with Crippen molar-refractivity contribution in [2.75, 3.05) is 38.2 Å². The number of hydrogen-bond acceptors (Lipinski definition) is 4. The van der Waals surface area contributed by atoms with Crippen LogP contribution in [0, 0.1) is 0 Å². The Bertz CT molecular complexity index is 667. The number of rotatable bonds is 5. The van der Waals surface area contributed by atoms with E-state index >= 15 is 0 Å². The molecule has 2 fully saturated rings. The number of quaternary nitrogens is 1. The number of imide groups is 1. The van der Waals surface area contributed by atoms with Crippen molar-refractivity contribution >= 4 is 17.6 Å². The second-order valence-electron chi connectivity index (χ2n) is 7.84. The van der Waals surface area contributed by atoms with Crippen LogP contribution in [-0.4, -0.2) is 57.3 Å². The second kappa shape index (κ2) is 9.78. The van der Waals surface area contributed by atoms with Gasteiger partial charge in [0.15, 0.2) is 6.04 Å². The van der Waals surface area contributed by atoms with E-state index in [1.807, 2.05) is 25.1 Å². The van der Waals surface area contributed by atoms with Crippen molar-refractivity contribution in [3.05, 3.63) is 24.3 Å². The van der Waals surface area contributed by atoms with Gasteiger partial charge in [0.1, 0.15) is 5.75 Å². The summed E-state index contributed by atoms with van der Waals surface area (Å²) in [7, 11) is 1.69. The minimum Gasteiger partial charge on any atom is -0.495 e. The normalized spacial score (nSPS) is 19.7. The highest BCUT2D eigenvalue weighted by atomic mass is 16.5. The molecule has 1 atom stereocenters. The average Bonchev–Trinajstić information content (AvgIpc) is 2.74. The molecule has 3 rings (SSSR count).